The van der Waals surface area contributed by atoms with Gasteiger partial charge in [0.15, 0.2) is 11.9 Å². The zero-order chi connectivity index (χ0) is 16.8. The summed E-state index contributed by atoms with van der Waals surface area (Å²) in [5, 5.41) is 0. The molecule has 1 aromatic heterocycles. The van der Waals surface area contributed by atoms with E-state index in [1.54, 1.807) is 0 Å². The van der Waals surface area contributed by atoms with Crippen LogP contribution in [0.5, 0.6) is 0 Å². The van der Waals surface area contributed by atoms with Gasteiger partial charge in [0.05, 0.1) is 6.26 Å². The van der Waals surface area contributed by atoms with Crippen LogP contribution in [-0.2, 0) is 16.7 Å². The van der Waals surface area contributed by atoms with E-state index in [2.05, 4.69) is 42.8 Å². The van der Waals surface area contributed by atoms with Gasteiger partial charge in [0.25, 0.3) is 10.1 Å². The first-order valence-corrected chi connectivity index (χ1v) is 10.1. The van der Waals surface area contributed by atoms with E-state index in [0.29, 0.717) is 6.26 Å². The van der Waals surface area contributed by atoms with E-state index in [1.165, 1.54) is 63.6 Å². The third-order valence-electron chi connectivity index (χ3n) is 3.42. The van der Waals surface area contributed by atoms with Crippen LogP contribution in [0.1, 0.15) is 64.0 Å². The molecule has 0 fully saturated rings. The Morgan fingerprint density at radius 1 is 1.00 bits per heavy atom. The lowest BCUT2D eigenvalue weighted by Gasteiger charge is -2.01. The molecule has 1 aromatic rings. The molecule has 5 heteroatoms. The smallest absolute Gasteiger partial charge is 0.261 e. The molecular formula is C17H32NO3S+. The first-order chi connectivity index (χ1) is 10.3. The summed E-state index contributed by atoms with van der Waals surface area (Å²) in [6.07, 6.45) is 14.1. The monoisotopic (exact) mass is 330 g/mol. The van der Waals surface area contributed by atoms with Gasteiger partial charge in [-0.05, 0) is 6.42 Å². The van der Waals surface area contributed by atoms with Gasteiger partial charge in [0, 0.05) is 25.5 Å². The first kappa shape index (κ1) is 21.1. The van der Waals surface area contributed by atoms with Gasteiger partial charge in [0.1, 0.15) is 6.54 Å². The molecule has 128 valence electrons. The van der Waals surface area contributed by atoms with Crippen LogP contribution in [0.4, 0.5) is 0 Å². The van der Waals surface area contributed by atoms with E-state index >= 15 is 0 Å². The van der Waals surface area contributed by atoms with Crippen LogP contribution in [0.2, 0.25) is 0 Å². The Morgan fingerprint density at radius 2 is 1.50 bits per heavy atom. The third-order valence-corrected chi connectivity index (χ3v) is 3.42. The van der Waals surface area contributed by atoms with E-state index in [-0.39, 0.29) is 0 Å². The Bertz CT molecular complexity index is 478. The second-order valence-electron chi connectivity index (χ2n) is 5.74. The van der Waals surface area contributed by atoms with E-state index in [4.69, 9.17) is 4.55 Å². The van der Waals surface area contributed by atoms with Gasteiger partial charge in [-0.15, -0.1) is 0 Å². The van der Waals surface area contributed by atoms with Gasteiger partial charge in [-0.25, -0.2) is 4.57 Å². The van der Waals surface area contributed by atoms with Crippen LogP contribution in [0.25, 0.3) is 0 Å². The molecule has 0 unspecified atom stereocenters. The molecule has 0 aliphatic carbocycles. The standard InChI is InChI=1S/C16H28N.CH4O3S/c1-3-4-5-6-7-8-9-11-14-17-15-12-10-13-16(17)2;1-5(2,3)4/h10,12-13,15H,3-9,11,14H2,1-2H3;1H3,(H,2,3,4)/q+1;. The minimum absolute atomic E-state index is 0.715. The second-order valence-corrected chi connectivity index (χ2v) is 7.21. The molecule has 1 rings (SSSR count). The first-order valence-electron chi connectivity index (χ1n) is 8.22. The van der Waals surface area contributed by atoms with Crippen molar-refractivity contribution in [3.05, 3.63) is 30.1 Å². The quantitative estimate of drug-likeness (QED) is 0.424. The number of rotatable bonds is 9. The lowest BCUT2D eigenvalue weighted by Crippen LogP contribution is -2.36. The summed E-state index contributed by atoms with van der Waals surface area (Å²) in [4.78, 5) is 0. The topological polar surface area (TPSA) is 58.2 Å². The largest absolute Gasteiger partial charge is 0.286 e. The predicted octanol–water partition coefficient (Wildman–Crippen LogP) is 3.93. The molecule has 4 nitrogen and oxygen atoms in total. The summed E-state index contributed by atoms with van der Waals surface area (Å²) in [7, 11) is -3.67. The number of aromatic nitrogens is 1. The number of pyridine rings is 1. The van der Waals surface area contributed by atoms with E-state index < -0.39 is 10.1 Å². The maximum absolute atomic E-state index is 9.19. The summed E-state index contributed by atoms with van der Waals surface area (Å²) in [5.41, 5.74) is 1.37. The molecule has 1 N–H and O–H groups in total. The van der Waals surface area contributed by atoms with E-state index in [1.807, 2.05) is 0 Å². The minimum Gasteiger partial charge on any atom is -0.286 e. The summed E-state index contributed by atoms with van der Waals surface area (Å²) in [6.45, 7) is 5.64. The molecule has 0 aliphatic rings. The van der Waals surface area contributed by atoms with Crippen molar-refractivity contribution in [2.45, 2.75) is 71.8 Å². The van der Waals surface area contributed by atoms with Crippen molar-refractivity contribution in [1.29, 1.82) is 0 Å². The van der Waals surface area contributed by atoms with Gasteiger partial charge < -0.3 is 0 Å². The van der Waals surface area contributed by atoms with E-state index in [0.717, 1.165) is 0 Å². The van der Waals surface area contributed by atoms with Crippen molar-refractivity contribution >= 4 is 10.1 Å². The lowest BCUT2D eigenvalue weighted by atomic mass is 10.1. The number of nitrogens with zero attached hydrogens (tertiary/aromatic N) is 1. The molecule has 22 heavy (non-hydrogen) atoms. The van der Waals surface area contributed by atoms with Crippen molar-refractivity contribution in [1.82, 2.24) is 0 Å². The van der Waals surface area contributed by atoms with Crippen molar-refractivity contribution in [3.8, 4) is 0 Å². The Labute approximate surface area is 136 Å². The fourth-order valence-corrected chi connectivity index (χ4v) is 2.23. The Kier molecular flexibility index (Phi) is 12.1. The molecule has 0 radical (unpaired) electrons. The summed E-state index contributed by atoms with van der Waals surface area (Å²) >= 11 is 0. The highest BCUT2D eigenvalue weighted by Crippen LogP contribution is 2.08. The minimum atomic E-state index is -3.67. The Morgan fingerprint density at radius 3 is 2.00 bits per heavy atom. The molecule has 1 heterocycles. The van der Waals surface area contributed by atoms with Crippen LogP contribution in [0, 0.1) is 6.92 Å². The lowest BCUT2D eigenvalue weighted by molar-refractivity contribution is -0.703. The highest BCUT2D eigenvalue weighted by Gasteiger charge is 2.02. The van der Waals surface area contributed by atoms with Crippen molar-refractivity contribution in [2.75, 3.05) is 6.26 Å². The van der Waals surface area contributed by atoms with E-state index in [9.17, 15) is 8.42 Å². The SMILES string of the molecule is CCCCCCCCCC[n+]1ccccc1C.CS(=O)(=O)O. The van der Waals surface area contributed by atoms with Crippen molar-refractivity contribution < 1.29 is 17.5 Å². The second kappa shape index (κ2) is 12.6. The van der Waals surface area contributed by atoms with Gasteiger partial charge in [0.2, 0.25) is 0 Å². The van der Waals surface area contributed by atoms with Gasteiger partial charge in [-0.2, -0.15) is 8.42 Å². The normalized spacial score (nSPS) is 10.9. The molecule has 0 aliphatic heterocycles. The molecule has 0 spiro atoms. The molecule has 0 saturated heterocycles. The molecular weight excluding hydrogens is 298 g/mol. The highest BCUT2D eigenvalue weighted by atomic mass is 32.2. The zero-order valence-corrected chi connectivity index (χ0v) is 15.1. The highest BCUT2D eigenvalue weighted by molar-refractivity contribution is 7.85. The summed E-state index contributed by atoms with van der Waals surface area (Å²) in [6, 6.07) is 6.42. The molecule has 0 bridgehead atoms. The number of hydrogen-bond donors (Lipinski definition) is 1. The summed E-state index contributed by atoms with van der Waals surface area (Å²) in [5.74, 6) is 0. The molecule has 0 aromatic carbocycles. The van der Waals surface area contributed by atoms with Crippen LogP contribution < -0.4 is 4.57 Å². The maximum atomic E-state index is 9.19. The maximum Gasteiger partial charge on any atom is 0.261 e. The Balaban J connectivity index is 0.000000763. The molecule has 0 amide bonds. The summed E-state index contributed by atoms with van der Waals surface area (Å²) < 4.78 is 28.2. The molecule has 0 atom stereocenters. The fourth-order valence-electron chi connectivity index (χ4n) is 2.23. The van der Waals surface area contributed by atoms with Gasteiger partial charge in [-0.1, -0.05) is 51.5 Å². The third kappa shape index (κ3) is 15.4. The predicted molar refractivity (Wildman–Crippen MR) is 91.5 cm³/mol. The average Bonchev–Trinajstić information content (AvgIpc) is 2.42. The number of hydrogen-bond acceptors (Lipinski definition) is 2. The van der Waals surface area contributed by atoms with Crippen LogP contribution in [0.15, 0.2) is 24.4 Å². The average molecular weight is 331 g/mol. The number of aryl methyl sites for hydroxylation is 2. The zero-order valence-electron chi connectivity index (χ0n) is 14.3. The fraction of sp³-hybridized carbons (Fsp3) is 0.706. The van der Waals surface area contributed by atoms with Crippen molar-refractivity contribution in [2.24, 2.45) is 0 Å². The number of unbranched alkanes of at least 4 members (excludes halogenated alkanes) is 7. The van der Waals surface area contributed by atoms with Gasteiger partial charge in [-0.3, -0.25) is 4.55 Å². The van der Waals surface area contributed by atoms with Gasteiger partial charge >= 0.3 is 0 Å². The van der Waals surface area contributed by atoms with Crippen LogP contribution in [-0.4, -0.2) is 19.2 Å². The van der Waals surface area contributed by atoms with Crippen LogP contribution >= 0.6 is 0 Å². The molecule has 0 saturated carbocycles. The van der Waals surface area contributed by atoms with Crippen molar-refractivity contribution in [3.63, 3.8) is 0 Å². The van der Waals surface area contributed by atoms with Crippen LogP contribution in [0.3, 0.4) is 0 Å². The Hall–Kier alpha value is -0.940.